The summed E-state index contributed by atoms with van der Waals surface area (Å²) in [7, 11) is 0. The first-order valence-electron chi connectivity index (χ1n) is 5.95. The molecule has 1 atom stereocenters. The van der Waals surface area contributed by atoms with Gasteiger partial charge in [-0.05, 0) is 36.9 Å². The molecule has 0 saturated heterocycles. The molecule has 0 aliphatic heterocycles. The fourth-order valence-corrected chi connectivity index (χ4v) is 2.15. The zero-order valence-electron chi connectivity index (χ0n) is 9.80. The van der Waals surface area contributed by atoms with Gasteiger partial charge in [-0.2, -0.15) is 13.2 Å². The summed E-state index contributed by atoms with van der Waals surface area (Å²) < 4.78 is 37.9. The minimum Gasteiger partial charge on any atom is -0.345 e. The molecule has 0 bridgehead atoms. The van der Waals surface area contributed by atoms with Crippen LogP contribution >= 0.6 is 0 Å². The number of hydrogen-bond donors (Lipinski definition) is 1. The Labute approximate surface area is 98.8 Å². The summed E-state index contributed by atoms with van der Waals surface area (Å²) in [6, 6.07) is 2.01. The van der Waals surface area contributed by atoms with Crippen LogP contribution in [-0.2, 0) is 6.54 Å². The van der Waals surface area contributed by atoms with Crippen molar-refractivity contribution in [2.24, 2.45) is 5.92 Å². The molecule has 1 saturated carbocycles. The molecule has 1 aromatic heterocycles. The van der Waals surface area contributed by atoms with Crippen molar-refractivity contribution in [3.63, 3.8) is 0 Å². The van der Waals surface area contributed by atoms with Crippen molar-refractivity contribution in [1.29, 1.82) is 0 Å². The second kappa shape index (κ2) is 4.72. The van der Waals surface area contributed by atoms with Crippen LogP contribution in [0.2, 0.25) is 0 Å². The standard InChI is InChI=1S/C12H17F3N2/c1-2-16-11(9-3-4-9)10-5-6-17(7-10)8-12(13,14)15/h5-7,9,11,16H,2-4,8H2,1H3. The Morgan fingerprint density at radius 1 is 1.47 bits per heavy atom. The van der Waals surface area contributed by atoms with Crippen LogP contribution < -0.4 is 5.32 Å². The van der Waals surface area contributed by atoms with Gasteiger partial charge in [-0.15, -0.1) is 0 Å². The van der Waals surface area contributed by atoms with Crippen molar-refractivity contribution in [3.8, 4) is 0 Å². The van der Waals surface area contributed by atoms with Crippen molar-refractivity contribution in [2.75, 3.05) is 6.54 Å². The molecule has 0 radical (unpaired) electrons. The van der Waals surface area contributed by atoms with Crippen molar-refractivity contribution >= 4 is 0 Å². The number of nitrogens with one attached hydrogen (secondary N) is 1. The Bertz CT molecular complexity index is 366. The smallest absolute Gasteiger partial charge is 0.345 e. The quantitative estimate of drug-likeness (QED) is 0.844. The molecule has 5 heteroatoms. The van der Waals surface area contributed by atoms with E-state index in [9.17, 15) is 13.2 Å². The fraction of sp³-hybridized carbons (Fsp3) is 0.667. The van der Waals surface area contributed by atoms with Crippen LogP contribution in [0.1, 0.15) is 31.4 Å². The lowest BCUT2D eigenvalue weighted by Gasteiger charge is -2.15. The van der Waals surface area contributed by atoms with Crippen LogP contribution in [0.3, 0.4) is 0 Å². The summed E-state index contributed by atoms with van der Waals surface area (Å²) in [4.78, 5) is 0. The van der Waals surface area contributed by atoms with Gasteiger partial charge in [-0.25, -0.2) is 0 Å². The number of hydrogen-bond acceptors (Lipinski definition) is 1. The van der Waals surface area contributed by atoms with E-state index in [4.69, 9.17) is 0 Å². The maximum atomic E-state index is 12.2. The maximum absolute atomic E-state index is 12.2. The highest BCUT2D eigenvalue weighted by molar-refractivity contribution is 5.18. The molecule has 2 rings (SSSR count). The highest BCUT2D eigenvalue weighted by Gasteiger charge is 2.33. The molecule has 17 heavy (non-hydrogen) atoms. The Kier molecular flexibility index (Phi) is 3.47. The van der Waals surface area contributed by atoms with E-state index in [0.717, 1.165) is 12.1 Å². The summed E-state index contributed by atoms with van der Waals surface area (Å²) in [6.45, 7) is 1.95. The van der Waals surface area contributed by atoms with Gasteiger partial charge in [0.15, 0.2) is 0 Å². The number of alkyl halides is 3. The van der Waals surface area contributed by atoms with Gasteiger partial charge >= 0.3 is 6.18 Å². The van der Waals surface area contributed by atoms with E-state index in [2.05, 4.69) is 5.32 Å². The molecule has 1 N–H and O–H groups in total. The van der Waals surface area contributed by atoms with E-state index in [1.807, 2.05) is 6.92 Å². The van der Waals surface area contributed by atoms with Gasteiger partial charge in [0.2, 0.25) is 0 Å². The molecular formula is C12H17F3N2. The van der Waals surface area contributed by atoms with Gasteiger partial charge in [-0.3, -0.25) is 0 Å². The second-order valence-electron chi connectivity index (χ2n) is 4.61. The molecule has 1 heterocycles. The largest absolute Gasteiger partial charge is 0.406 e. The van der Waals surface area contributed by atoms with Crippen LogP contribution in [0.25, 0.3) is 0 Å². The van der Waals surface area contributed by atoms with Crippen LogP contribution in [-0.4, -0.2) is 17.3 Å². The Morgan fingerprint density at radius 3 is 2.71 bits per heavy atom. The van der Waals surface area contributed by atoms with Crippen LogP contribution in [0.15, 0.2) is 18.5 Å². The minimum absolute atomic E-state index is 0.217. The van der Waals surface area contributed by atoms with E-state index in [0.29, 0.717) is 5.92 Å². The summed E-state index contributed by atoms with van der Waals surface area (Å²) in [5.41, 5.74) is 0.971. The second-order valence-corrected chi connectivity index (χ2v) is 4.61. The molecule has 2 nitrogen and oxygen atoms in total. The molecule has 0 amide bonds. The Morgan fingerprint density at radius 2 is 2.18 bits per heavy atom. The highest BCUT2D eigenvalue weighted by atomic mass is 19.4. The topological polar surface area (TPSA) is 17.0 Å². The first-order valence-corrected chi connectivity index (χ1v) is 5.95. The lowest BCUT2D eigenvalue weighted by molar-refractivity contribution is -0.140. The van der Waals surface area contributed by atoms with Gasteiger partial charge in [0, 0.05) is 18.4 Å². The van der Waals surface area contributed by atoms with Crippen molar-refractivity contribution in [1.82, 2.24) is 9.88 Å². The Balaban J connectivity index is 2.05. The number of rotatable bonds is 5. The van der Waals surface area contributed by atoms with E-state index in [1.165, 1.54) is 23.6 Å². The van der Waals surface area contributed by atoms with Gasteiger partial charge in [0.25, 0.3) is 0 Å². The third kappa shape index (κ3) is 3.49. The predicted molar refractivity (Wildman–Crippen MR) is 59.6 cm³/mol. The van der Waals surface area contributed by atoms with Gasteiger partial charge in [0.05, 0.1) is 0 Å². The number of nitrogens with zero attached hydrogens (tertiary/aromatic N) is 1. The van der Waals surface area contributed by atoms with E-state index >= 15 is 0 Å². The van der Waals surface area contributed by atoms with Crippen molar-refractivity contribution < 1.29 is 13.2 Å². The summed E-state index contributed by atoms with van der Waals surface area (Å²) >= 11 is 0. The van der Waals surface area contributed by atoms with Crippen molar-refractivity contribution in [3.05, 3.63) is 24.0 Å². The normalized spacial score (nSPS) is 18.4. The molecule has 1 fully saturated rings. The number of aromatic nitrogens is 1. The molecule has 1 aliphatic rings. The average Bonchev–Trinajstić information content (AvgIpc) is 2.95. The summed E-state index contributed by atoms with van der Waals surface area (Å²) in [6.07, 6.45) is 1.31. The molecular weight excluding hydrogens is 229 g/mol. The van der Waals surface area contributed by atoms with Crippen LogP contribution in [0.5, 0.6) is 0 Å². The molecule has 1 aliphatic carbocycles. The lowest BCUT2D eigenvalue weighted by Crippen LogP contribution is -2.22. The van der Waals surface area contributed by atoms with Crippen molar-refractivity contribution in [2.45, 2.75) is 38.5 Å². The van der Waals surface area contributed by atoms with Gasteiger partial charge in [-0.1, -0.05) is 6.92 Å². The SMILES string of the molecule is CCNC(c1ccn(CC(F)(F)F)c1)C1CC1. The zero-order chi connectivity index (χ0) is 12.5. The average molecular weight is 246 g/mol. The third-order valence-electron chi connectivity index (χ3n) is 3.01. The minimum atomic E-state index is -4.15. The summed E-state index contributed by atoms with van der Waals surface area (Å²) in [5, 5.41) is 3.34. The van der Waals surface area contributed by atoms with Crippen LogP contribution in [0.4, 0.5) is 13.2 Å². The van der Waals surface area contributed by atoms with Gasteiger partial charge in [0.1, 0.15) is 6.54 Å². The van der Waals surface area contributed by atoms with E-state index in [-0.39, 0.29) is 6.04 Å². The monoisotopic (exact) mass is 246 g/mol. The van der Waals surface area contributed by atoms with Crippen LogP contribution in [0, 0.1) is 5.92 Å². The lowest BCUT2D eigenvalue weighted by atomic mass is 10.1. The third-order valence-corrected chi connectivity index (χ3v) is 3.01. The van der Waals surface area contributed by atoms with E-state index < -0.39 is 12.7 Å². The molecule has 1 unspecified atom stereocenters. The first kappa shape index (κ1) is 12.5. The fourth-order valence-electron chi connectivity index (χ4n) is 2.15. The molecule has 0 aromatic carbocycles. The molecule has 1 aromatic rings. The highest BCUT2D eigenvalue weighted by Crippen LogP contribution is 2.41. The number of halogens is 3. The van der Waals surface area contributed by atoms with Gasteiger partial charge < -0.3 is 9.88 Å². The zero-order valence-corrected chi connectivity index (χ0v) is 9.80. The first-order chi connectivity index (χ1) is 7.99. The molecule has 0 spiro atoms. The predicted octanol–water partition coefficient (Wildman–Crippen LogP) is 3.11. The van der Waals surface area contributed by atoms with E-state index in [1.54, 1.807) is 12.3 Å². The maximum Gasteiger partial charge on any atom is 0.406 e. The Hall–Kier alpha value is -0.970. The summed E-state index contributed by atoms with van der Waals surface area (Å²) in [5.74, 6) is 0.594. The molecule has 96 valence electrons.